The van der Waals surface area contributed by atoms with E-state index < -0.39 is 11.7 Å². The molecule has 0 spiro atoms. The molecule has 0 atom stereocenters. The van der Waals surface area contributed by atoms with Gasteiger partial charge in [0.1, 0.15) is 5.02 Å². The number of benzene rings is 2. The Bertz CT molecular complexity index is 1350. The van der Waals surface area contributed by atoms with Crippen LogP contribution in [0.15, 0.2) is 67.0 Å². The molecular formula is C24H22ClN7O2. The van der Waals surface area contributed by atoms with Crippen molar-refractivity contribution in [2.75, 3.05) is 24.7 Å². The van der Waals surface area contributed by atoms with Gasteiger partial charge in [-0.2, -0.15) is 10.1 Å². The second kappa shape index (κ2) is 9.72. The minimum absolute atomic E-state index is 0.218. The zero-order chi connectivity index (χ0) is 24.2. The molecular weight excluding hydrogens is 454 g/mol. The number of amides is 1. The summed E-state index contributed by atoms with van der Waals surface area (Å²) in [6, 6.07) is 16.3. The number of anilines is 4. The van der Waals surface area contributed by atoms with Crippen molar-refractivity contribution in [1.82, 2.24) is 24.6 Å². The molecule has 0 aliphatic heterocycles. The molecule has 0 fully saturated rings. The number of nitrogens with zero attached hydrogens (tertiary/aromatic N) is 5. The van der Waals surface area contributed by atoms with Gasteiger partial charge in [-0.25, -0.2) is 4.98 Å². The molecule has 10 heteroatoms. The number of carbonyl (C=O) groups excluding carboxylic acids is 2. The summed E-state index contributed by atoms with van der Waals surface area (Å²) < 4.78 is 1.75. The Hall–Kier alpha value is -4.24. The molecule has 0 bridgehead atoms. The summed E-state index contributed by atoms with van der Waals surface area (Å²) in [6.07, 6.45) is 3.34. The fraction of sp³-hybridized carbons (Fsp3) is 0.125. The number of Topliss-reactive ketones (excluding diaryl/α,β-unsaturated/α-hetero) is 1. The number of rotatable bonds is 7. The Morgan fingerprint density at radius 2 is 1.74 bits per heavy atom. The van der Waals surface area contributed by atoms with Crippen LogP contribution in [0.5, 0.6) is 0 Å². The van der Waals surface area contributed by atoms with Crippen molar-refractivity contribution in [1.29, 1.82) is 0 Å². The van der Waals surface area contributed by atoms with E-state index >= 15 is 0 Å². The zero-order valence-corrected chi connectivity index (χ0v) is 19.5. The lowest BCUT2D eigenvalue weighted by Gasteiger charge is -2.14. The monoisotopic (exact) mass is 475 g/mol. The van der Waals surface area contributed by atoms with Gasteiger partial charge in [0.15, 0.2) is 5.82 Å². The number of aryl methyl sites for hydroxylation is 1. The van der Waals surface area contributed by atoms with Crippen LogP contribution in [0.4, 0.5) is 23.1 Å². The normalized spacial score (nSPS) is 10.6. The molecule has 2 heterocycles. The average Bonchev–Trinajstić information content (AvgIpc) is 3.27. The van der Waals surface area contributed by atoms with E-state index in [0.717, 1.165) is 16.9 Å². The number of para-hydroxylation sites is 1. The topological polar surface area (TPSA) is 105 Å². The summed E-state index contributed by atoms with van der Waals surface area (Å²) in [4.78, 5) is 34.7. The number of carbonyl (C=O) groups is 2. The summed E-state index contributed by atoms with van der Waals surface area (Å²) in [7, 11) is 4.92. The Balaban J connectivity index is 1.55. The minimum Gasteiger partial charge on any atom is -0.342 e. The van der Waals surface area contributed by atoms with Gasteiger partial charge in [0.05, 0.1) is 23.1 Å². The van der Waals surface area contributed by atoms with Crippen LogP contribution in [-0.2, 0) is 11.8 Å². The molecule has 4 rings (SSSR count). The Morgan fingerprint density at radius 3 is 2.41 bits per heavy atom. The summed E-state index contributed by atoms with van der Waals surface area (Å²) in [6.45, 7) is 0. The highest BCUT2D eigenvalue weighted by Crippen LogP contribution is 2.28. The number of halogens is 1. The highest BCUT2D eigenvalue weighted by atomic mass is 35.5. The Morgan fingerprint density at radius 1 is 1.00 bits per heavy atom. The predicted octanol–water partition coefficient (Wildman–Crippen LogP) is 4.29. The molecule has 172 valence electrons. The van der Waals surface area contributed by atoms with E-state index in [0.29, 0.717) is 17.5 Å². The van der Waals surface area contributed by atoms with E-state index in [1.165, 1.54) is 25.2 Å². The van der Waals surface area contributed by atoms with Crippen molar-refractivity contribution in [3.63, 3.8) is 0 Å². The van der Waals surface area contributed by atoms with E-state index in [2.05, 4.69) is 25.7 Å². The molecule has 0 aliphatic rings. The molecule has 2 aromatic heterocycles. The van der Waals surface area contributed by atoms with E-state index in [1.807, 2.05) is 43.6 Å². The molecule has 4 aromatic rings. The lowest BCUT2D eigenvalue weighted by atomic mass is 10.1. The number of hydrogen-bond acceptors (Lipinski definition) is 7. The van der Waals surface area contributed by atoms with E-state index in [1.54, 1.807) is 28.9 Å². The van der Waals surface area contributed by atoms with Gasteiger partial charge < -0.3 is 15.5 Å². The number of aromatic nitrogens is 4. The third-order valence-corrected chi connectivity index (χ3v) is 5.20. The molecule has 0 saturated carbocycles. The number of nitrogens with one attached hydrogen (secondary N) is 2. The summed E-state index contributed by atoms with van der Waals surface area (Å²) in [5.74, 6) is -0.656. The maximum absolute atomic E-state index is 12.6. The Labute approximate surface area is 201 Å². The van der Waals surface area contributed by atoms with E-state index in [4.69, 9.17) is 11.6 Å². The lowest BCUT2D eigenvalue weighted by Crippen LogP contribution is -2.30. The third kappa shape index (κ3) is 5.05. The predicted molar refractivity (Wildman–Crippen MR) is 132 cm³/mol. The van der Waals surface area contributed by atoms with Crippen LogP contribution in [0.3, 0.4) is 0 Å². The van der Waals surface area contributed by atoms with Gasteiger partial charge in [-0.3, -0.25) is 14.3 Å². The summed E-state index contributed by atoms with van der Waals surface area (Å²) in [5.41, 5.74) is 3.27. The highest BCUT2D eigenvalue weighted by molar-refractivity contribution is 6.43. The van der Waals surface area contributed by atoms with Gasteiger partial charge in [-0.1, -0.05) is 35.9 Å². The van der Waals surface area contributed by atoms with Gasteiger partial charge in [-0.05, 0) is 30.3 Å². The molecule has 0 unspecified atom stereocenters. The van der Waals surface area contributed by atoms with Crippen molar-refractivity contribution in [2.24, 2.45) is 7.05 Å². The van der Waals surface area contributed by atoms with Crippen molar-refractivity contribution in [3.8, 4) is 11.3 Å². The van der Waals surface area contributed by atoms with Gasteiger partial charge in [0, 0.05) is 38.6 Å². The van der Waals surface area contributed by atoms with Gasteiger partial charge in [-0.15, -0.1) is 0 Å². The molecule has 0 radical (unpaired) electrons. The van der Waals surface area contributed by atoms with Crippen LogP contribution in [0.2, 0.25) is 5.02 Å². The fourth-order valence-electron chi connectivity index (χ4n) is 3.17. The van der Waals surface area contributed by atoms with Gasteiger partial charge in [0.2, 0.25) is 5.95 Å². The molecule has 34 heavy (non-hydrogen) atoms. The van der Waals surface area contributed by atoms with Crippen molar-refractivity contribution >= 4 is 46.4 Å². The maximum Gasteiger partial charge on any atom is 0.294 e. The lowest BCUT2D eigenvalue weighted by molar-refractivity contribution is -0.124. The van der Waals surface area contributed by atoms with Crippen LogP contribution >= 0.6 is 11.6 Å². The highest BCUT2D eigenvalue weighted by Gasteiger charge is 2.21. The minimum atomic E-state index is -0.635. The quantitative estimate of drug-likeness (QED) is 0.303. The molecule has 2 aromatic carbocycles. The molecule has 2 N–H and O–H groups in total. The van der Waals surface area contributed by atoms with Crippen molar-refractivity contribution in [2.45, 2.75) is 0 Å². The zero-order valence-electron chi connectivity index (χ0n) is 18.8. The van der Waals surface area contributed by atoms with Crippen LogP contribution in [-0.4, -0.2) is 50.4 Å². The first-order chi connectivity index (χ1) is 16.3. The van der Waals surface area contributed by atoms with Crippen molar-refractivity contribution in [3.05, 3.63) is 77.6 Å². The maximum atomic E-state index is 12.6. The van der Waals surface area contributed by atoms with Crippen LogP contribution in [0, 0.1) is 0 Å². The average molecular weight is 476 g/mol. The molecule has 0 saturated heterocycles. The van der Waals surface area contributed by atoms with Crippen LogP contribution in [0.25, 0.3) is 11.3 Å². The third-order valence-electron chi connectivity index (χ3n) is 4.92. The largest absolute Gasteiger partial charge is 0.342 e. The van der Waals surface area contributed by atoms with Crippen LogP contribution in [0.1, 0.15) is 10.4 Å². The number of hydrogen-bond donors (Lipinski definition) is 2. The summed E-state index contributed by atoms with van der Waals surface area (Å²) in [5, 5.41) is 10.8. The standard InChI is InChI=1S/C24H22ClN7O2/c1-31(2)23(34)21(33)17-6-4-5-7-20(17)28-22-18(25)14-26-24(29-22)27-16-10-8-15(9-11-16)19-12-13-32(3)30-19/h4-14H,1-3H3,(H2,26,27,28,29). The SMILES string of the molecule is CN(C)C(=O)C(=O)c1ccccc1Nc1nc(Nc2ccc(-c3ccn(C)n3)cc2)ncc1Cl. The van der Waals surface area contributed by atoms with Crippen LogP contribution < -0.4 is 10.6 Å². The van der Waals surface area contributed by atoms with Gasteiger partial charge >= 0.3 is 0 Å². The fourth-order valence-corrected chi connectivity index (χ4v) is 3.31. The van der Waals surface area contributed by atoms with Crippen molar-refractivity contribution < 1.29 is 9.59 Å². The summed E-state index contributed by atoms with van der Waals surface area (Å²) >= 11 is 6.30. The number of likely N-dealkylation sites (N-methyl/N-ethyl adjacent to an activating group) is 1. The first-order valence-corrected chi connectivity index (χ1v) is 10.7. The molecule has 9 nitrogen and oxygen atoms in total. The van der Waals surface area contributed by atoms with Gasteiger partial charge in [0.25, 0.3) is 11.7 Å². The first-order valence-electron chi connectivity index (χ1n) is 10.3. The second-order valence-corrected chi connectivity index (χ2v) is 8.07. The smallest absolute Gasteiger partial charge is 0.294 e. The Kier molecular flexibility index (Phi) is 6.55. The van der Waals surface area contributed by atoms with E-state index in [-0.39, 0.29) is 10.6 Å². The molecule has 0 aliphatic carbocycles. The second-order valence-electron chi connectivity index (χ2n) is 7.67. The van der Waals surface area contributed by atoms with E-state index in [9.17, 15) is 9.59 Å². The first kappa shape index (κ1) is 22.9. The molecule has 1 amide bonds. The number of ketones is 1.